The van der Waals surface area contributed by atoms with Crippen molar-refractivity contribution in [1.29, 1.82) is 0 Å². The van der Waals surface area contributed by atoms with Crippen molar-refractivity contribution in [3.05, 3.63) is 29.8 Å². The molecule has 3 nitrogen and oxygen atoms in total. The predicted molar refractivity (Wildman–Crippen MR) is 72.3 cm³/mol. The molecule has 1 aromatic carbocycles. The number of para-hydroxylation sites is 1. The molecule has 2 heterocycles. The third-order valence-corrected chi connectivity index (χ3v) is 4.79. The third-order valence-electron chi connectivity index (χ3n) is 4.79. The Balaban J connectivity index is 1.82. The molecular formula is C15H23N2O+. The van der Waals surface area contributed by atoms with Crippen molar-refractivity contribution in [3.8, 4) is 0 Å². The van der Waals surface area contributed by atoms with E-state index in [1.165, 1.54) is 25.1 Å². The van der Waals surface area contributed by atoms with Crippen molar-refractivity contribution >= 4 is 5.69 Å². The molecule has 1 fully saturated rings. The minimum Gasteiger partial charge on any atom is -0.395 e. The van der Waals surface area contributed by atoms with Crippen LogP contribution in [0.25, 0.3) is 0 Å². The van der Waals surface area contributed by atoms with E-state index in [2.05, 4.69) is 36.2 Å². The fourth-order valence-corrected chi connectivity index (χ4v) is 3.81. The summed E-state index contributed by atoms with van der Waals surface area (Å²) in [5.74, 6) is 0. The highest BCUT2D eigenvalue weighted by atomic mass is 16.3. The minimum atomic E-state index is 0.286. The fourth-order valence-electron chi connectivity index (χ4n) is 3.81. The second kappa shape index (κ2) is 4.65. The van der Waals surface area contributed by atoms with Crippen LogP contribution >= 0.6 is 0 Å². The van der Waals surface area contributed by atoms with Crippen LogP contribution in [0, 0.1) is 0 Å². The zero-order valence-electron chi connectivity index (χ0n) is 11.2. The van der Waals surface area contributed by atoms with Gasteiger partial charge >= 0.3 is 0 Å². The monoisotopic (exact) mass is 247 g/mol. The molecule has 2 N–H and O–H groups in total. The largest absolute Gasteiger partial charge is 0.395 e. The lowest BCUT2D eigenvalue weighted by atomic mass is 9.74. The lowest BCUT2D eigenvalue weighted by Crippen LogP contribution is -3.03. The van der Waals surface area contributed by atoms with E-state index in [-0.39, 0.29) is 6.61 Å². The molecule has 1 saturated heterocycles. The summed E-state index contributed by atoms with van der Waals surface area (Å²) in [6.07, 6.45) is 2.47. The van der Waals surface area contributed by atoms with Gasteiger partial charge in [0.05, 0.1) is 25.6 Å². The topological polar surface area (TPSA) is 27.9 Å². The van der Waals surface area contributed by atoms with Crippen molar-refractivity contribution in [2.75, 3.05) is 39.8 Å². The van der Waals surface area contributed by atoms with E-state index in [4.69, 9.17) is 5.11 Å². The van der Waals surface area contributed by atoms with Gasteiger partial charge in [0, 0.05) is 12.1 Å². The van der Waals surface area contributed by atoms with Crippen LogP contribution in [0.1, 0.15) is 18.4 Å². The molecule has 18 heavy (non-hydrogen) atoms. The summed E-state index contributed by atoms with van der Waals surface area (Å²) in [7, 11) is 2.29. The highest BCUT2D eigenvalue weighted by Gasteiger charge is 2.46. The number of nitrogens with one attached hydrogen (secondary N) is 1. The van der Waals surface area contributed by atoms with Crippen molar-refractivity contribution in [3.63, 3.8) is 0 Å². The van der Waals surface area contributed by atoms with Crippen molar-refractivity contribution in [2.24, 2.45) is 0 Å². The van der Waals surface area contributed by atoms with Gasteiger partial charge in [0.25, 0.3) is 0 Å². The minimum absolute atomic E-state index is 0.286. The van der Waals surface area contributed by atoms with Crippen molar-refractivity contribution in [2.45, 2.75) is 18.3 Å². The summed E-state index contributed by atoms with van der Waals surface area (Å²) >= 11 is 0. The van der Waals surface area contributed by atoms with Gasteiger partial charge in [-0.1, -0.05) is 18.2 Å². The van der Waals surface area contributed by atoms with Crippen molar-refractivity contribution < 1.29 is 10.0 Å². The number of likely N-dealkylation sites (tertiary alicyclic amines) is 1. The first-order valence-electron chi connectivity index (χ1n) is 7.01. The Morgan fingerprint density at radius 3 is 2.72 bits per heavy atom. The standard InChI is InChI=1S/C15H22N2O/c1-16-12-15(13-4-2-3-5-14(13)16)6-8-17(9-7-15)10-11-18/h2-5,18H,6-12H2,1H3/p+1. The predicted octanol–water partition coefficient (Wildman–Crippen LogP) is 0.172. The number of benzene rings is 1. The van der Waals surface area contributed by atoms with Crippen LogP contribution in [-0.4, -0.2) is 49.8 Å². The van der Waals surface area contributed by atoms with E-state index in [1.54, 1.807) is 10.5 Å². The molecule has 3 heteroatoms. The summed E-state index contributed by atoms with van der Waals surface area (Å²) in [6.45, 7) is 4.61. The summed E-state index contributed by atoms with van der Waals surface area (Å²) in [5.41, 5.74) is 3.46. The Labute approximate surface area is 109 Å². The Hall–Kier alpha value is -0.900. The van der Waals surface area contributed by atoms with Crippen LogP contribution < -0.4 is 4.90 Å². The van der Waals surface area contributed by atoms with Crippen molar-refractivity contribution in [1.82, 2.24) is 4.90 Å². The van der Waals surface area contributed by atoms with E-state index in [0.29, 0.717) is 5.41 Å². The number of likely N-dealkylation sites (N-methyl/N-ethyl adjacent to an activating group) is 1. The highest BCUT2D eigenvalue weighted by Crippen LogP contribution is 2.40. The number of piperidine rings is 1. The maximum Gasteiger partial charge on any atom is 0.135 e. The quantitative estimate of drug-likeness (QED) is 0.780. The zero-order chi connectivity index (χ0) is 12.6. The van der Waals surface area contributed by atoms with Crippen LogP contribution in [0.4, 0.5) is 5.69 Å². The lowest BCUT2D eigenvalue weighted by molar-refractivity contribution is -0.807. The van der Waals surface area contributed by atoms with Gasteiger partial charge in [0.2, 0.25) is 0 Å². The second-order valence-electron chi connectivity index (χ2n) is 5.85. The van der Waals surface area contributed by atoms with Gasteiger partial charge in [-0.2, -0.15) is 0 Å². The Bertz CT molecular complexity index is 424. The van der Waals surface area contributed by atoms with Crippen LogP contribution in [0.5, 0.6) is 0 Å². The number of hydrogen-bond donors (Lipinski definition) is 2. The first kappa shape index (κ1) is 12.2. The van der Waals surface area contributed by atoms with E-state index >= 15 is 0 Å². The summed E-state index contributed by atoms with van der Waals surface area (Å²) in [4.78, 5) is 3.95. The summed E-state index contributed by atoms with van der Waals surface area (Å²) < 4.78 is 0. The average Bonchev–Trinajstić information content (AvgIpc) is 2.67. The van der Waals surface area contributed by atoms with Gasteiger partial charge in [-0.3, -0.25) is 0 Å². The molecule has 0 aliphatic carbocycles. The van der Waals surface area contributed by atoms with E-state index in [0.717, 1.165) is 19.6 Å². The molecule has 2 aliphatic heterocycles. The number of quaternary nitrogens is 1. The van der Waals surface area contributed by atoms with E-state index in [1.807, 2.05) is 0 Å². The Morgan fingerprint density at radius 2 is 2.00 bits per heavy atom. The Morgan fingerprint density at radius 1 is 1.28 bits per heavy atom. The molecule has 1 spiro atoms. The maximum absolute atomic E-state index is 9.03. The van der Waals surface area contributed by atoms with Gasteiger partial charge in [0.15, 0.2) is 0 Å². The first-order chi connectivity index (χ1) is 8.75. The van der Waals surface area contributed by atoms with Crippen LogP contribution in [-0.2, 0) is 5.41 Å². The number of fused-ring (bicyclic) bond motifs is 2. The molecule has 0 radical (unpaired) electrons. The highest BCUT2D eigenvalue weighted by molar-refractivity contribution is 5.48. The molecule has 3 rings (SSSR count). The molecule has 1 unspecified atom stereocenters. The zero-order valence-corrected chi connectivity index (χ0v) is 11.2. The molecule has 0 amide bonds. The summed E-state index contributed by atoms with van der Waals surface area (Å²) in [6, 6.07) is 8.94. The van der Waals surface area contributed by atoms with Gasteiger partial charge in [-0.25, -0.2) is 0 Å². The lowest BCUT2D eigenvalue weighted by Gasteiger charge is -2.38. The smallest absolute Gasteiger partial charge is 0.135 e. The SMILES string of the molecule is C[NH+]1CC2(CCN(CCO)CC2)c2ccccc21. The molecule has 0 bridgehead atoms. The molecule has 2 aliphatic rings. The molecular weight excluding hydrogens is 224 g/mol. The molecule has 98 valence electrons. The number of β-amino-alcohol motifs (C(OH)–C–C–N with tert-alkyl or cyclic N) is 1. The number of aliphatic hydroxyl groups is 1. The van der Waals surface area contributed by atoms with Gasteiger partial charge in [-0.15, -0.1) is 0 Å². The van der Waals surface area contributed by atoms with Crippen LogP contribution in [0.3, 0.4) is 0 Å². The number of rotatable bonds is 2. The molecule has 0 saturated carbocycles. The number of aliphatic hydroxyl groups excluding tert-OH is 1. The Kier molecular flexibility index (Phi) is 3.14. The maximum atomic E-state index is 9.03. The third kappa shape index (κ3) is 1.87. The molecule has 1 atom stereocenters. The number of nitrogens with zero attached hydrogens (tertiary/aromatic N) is 1. The molecule has 0 aromatic heterocycles. The molecule has 1 aromatic rings. The fraction of sp³-hybridized carbons (Fsp3) is 0.600. The van der Waals surface area contributed by atoms with Crippen LogP contribution in [0.15, 0.2) is 24.3 Å². The average molecular weight is 247 g/mol. The van der Waals surface area contributed by atoms with Gasteiger partial charge in [-0.05, 0) is 32.0 Å². The van der Waals surface area contributed by atoms with E-state index < -0.39 is 0 Å². The van der Waals surface area contributed by atoms with Gasteiger partial charge in [0.1, 0.15) is 5.69 Å². The van der Waals surface area contributed by atoms with Crippen LogP contribution in [0.2, 0.25) is 0 Å². The summed E-state index contributed by atoms with van der Waals surface area (Å²) in [5, 5.41) is 9.03. The van der Waals surface area contributed by atoms with Gasteiger partial charge < -0.3 is 14.9 Å². The second-order valence-corrected chi connectivity index (χ2v) is 5.85. The number of hydrogen-bond acceptors (Lipinski definition) is 2. The normalized spacial score (nSPS) is 26.4. The first-order valence-corrected chi connectivity index (χ1v) is 7.01. The van der Waals surface area contributed by atoms with E-state index in [9.17, 15) is 0 Å².